The van der Waals surface area contributed by atoms with E-state index in [-0.39, 0.29) is 26.3 Å². The summed E-state index contributed by atoms with van der Waals surface area (Å²) < 4.78 is 12.1. The second kappa shape index (κ2) is 10.1. The van der Waals surface area contributed by atoms with Gasteiger partial charge in [0.1, 0.15) is 11.5 Å². The summed E-state index contributed by atoms with van der Waals surface area (Å²) in [5, 5.41) is 11.3. The molecule has 0 spiro atoms. The molecule has 0 radical (unpaired) electrons. The van der Waals surface area contributed by atoms with E-state index in [1.165, 1.54) is 0 Å². The molecule has 8 heteroatoms. The summed E-state index contributed by atoms with van der Waals surface area (Å²) in [5.74, 6) is 1.35. The van der Waals surface area contributed by atoms with Crippen molar-refractivity contribution in [2.24, 2.45) is 10.2 Å². The third kappa shape index (κ3) is 4.37. The molecule has 32 heavy (non-hydrogen) atoms. The Morgan fingerprint density at radius 1 is 0.594 bits per heavy atom. The monoisotopic (exact) mass is 424 g/mol. The van der Waals surface area contributed by atoms with E-state index in [0.717, 1.165) is 32.7 Å². The highest BCUT2D eigenvalue weighted by atomic mass is 16.5. The summed E-state index contributed by atoms with van der Waals surface area (Å²) >= 11 is 0. The van der Waals surface area contributed by atoms with Gasteiger partial charge in [-0.1, -0.05) is 70.9 Å². The van der Waals surface area contributed by atoms with Gasteiger partial charge in [-0.25, -0.2) is 0 Å². The van der Waals surface area contributed by atoms with E-state index in [4.69, 9.17) is 20.5 Å². The van der Waals surface area contributed by atoms with Gasteiger partial charge in [0.05, 0.1) is 26.3 Å². The molecule has 0 fully saturated rings. The van der Waals surface area contributed by atoms with Crippen LogP contribution in [0.25, 0.3) is 53.6 Å². The summed E-state index contributed by atoms with van der Waals surface area (Å²) in [5.41, 5.74) is 18.9. The number of hydrogen-bond acceptors (Lipinski definition) is 4. The van der Waals surface area contributed by atoms with Crippen molar-refractivity contribution in [2.45, 2.75) is 0 Å². The van der Waals surface area contributed by atoms with Crippen LogP contribution in [0.1, 0.15) is 0 Å². The maximum atomic E-state index is 8.57. The highest BCUT2D eigenvalue weighted by molar-refractivity contribution is 6.09. The fourth-order valence-corrected chi connectivity index (χ4v) is 3.74. The molecule has 0 aliphatic rings. The Balaban J connectivity index is 1.94. The van der Waals surface area contributed by atoms with Crippen molar-refractivity contribution < 1.29 is 9.47 Å². The van der Waals surface area contributed by atoms with Gasteiger partial charge in [0.25, 0.3) is 0 Å². The molecule has 0 N–H and O–H groups in total. The third-order valence-corrected chi connectivity index (χ3v) is 5.06. The molecular weight excluding hydrogens is 404 g/mol. The van der Waals surface area contributed by atoms with Crippen LogP contribution in [0.15, 0.2) is 83.0 Å². The minimum atomic E-state index is 0.230. The van der Waals surface area contributed by atoms with Crippen LogP contribution in [0.2, 0.25) is 0 Å². The summed E-state index contributed by atoms with van der Waals surface area (Å²) in [6.45, 7) is 0.974. The molecule has 4 rings (SSSR count). The second-order valence-corrected chi connectivity index (χ2v) is 6.93. The van der Waals surface area contributed by atoms with Crippen molar-refractivity contribution in [2.75, 3.05) is 26.3 Å². The number of rotatable bonds is 9. The lowest BCUT2D eigenvalue weighted by molar-refractivity contribution is 0.325. The fraction of sp³-hybridized carbons (Fsp3) is 0.167. The van der Waals surface area contributed by atoms with Crippen LogP contribution in [0.5, 0.6) is 11.5 Å². The number of benzene rings is 4. The summed E-state index contributed by atoms with van der Waals surface area (Å²) in [4.78, 5) is 5.58. The van der Waals surface area contributed by atoms with Crippen LogP contribution in [0, 0.1) is 0 Å². The van der Waals surface area contributed by atoms with E-state index in [0.29, 0.717) is 11.5 Å². The fourth-order valence-electron chi connectivity index (χ4n) is 3.74. The SMILES string of the molecule is [N-]=[N+]=NCCOc1ccc2ccccc2c1-c1c(OCCN=[N+]=[N-])ccc2ccccc12. The molecule has 4 aromatic rings. The molecule has 158 valence electrons. The number of hydrogen-bond donors (Lipinski definition) is 0. The van der Waals surface area contributed by atoms with E-state index in [9.17, 15) is 0 Å². The lowest BCUT2D eigenvalue weighted by Crippen LogP contribution is -2.04. The Labute approximate surface area is 184 Å². The highest BCUT2D eigenvalue weighted by Gasteiger charge is 2.19. The molecule has 0 bridgehead atoms. The van der Waals surface area contributed by atoms with Crippen molar-refractivity contribution in [1.82, 2.24) is 0 Å². The predicted molar refractivity (Wildman–Crippen MR) is 126 cm³/mol. The number of nitrogens with zero attached hydrogens (tertiary/aromatic N) is 6. The summed E-state index contributed by atoms with van der Waals surface area (Å²) in [6, 6.07) is 24.1. The van der Waals surface area contributed by atoms with Gasteiger partial charge in [-0.05, 0) is 44.7 Å². The van der Waals surface area contributed by atoms with Gasteiger partial charge >= 0.3 is 0 Å². The van der Waals surface area contributed by atoms with Gasteiger partial charge in [-0.3, -0.25) is 0 Å². The van der Waals surface area contributed by atoms with Gasteiger partial charge in [0.2, 0.25) is 0 Å². The van der Waals surface area contributed by atoms with E-state index in [2.05, 4.69) is 44.3 Å². The van der Waals surface area contributed by atoms with E-state index in [1.807, 2.05) is 48.5 Å². The molecular formula is C24H20N6O2. The average Bonchev–Trinajstić information content (AvgIpc) is 2.84. The van der Waals surface area contributed by atoms with E-state index in [1.54, 1.807) is 0 Å². The zero-order valence-corrected chi connectivity index (χ0v) is 17.3. The minimum absolute atomic E-state index is 0.230. The molecule has 8 nitrogen and oxygen atoms in total. The van der Waals surface area contributed by atoms with Crippen LogP contribution in [-0.2, 0) is 0 Å². The molecule has 0 amide bonds. The first-order valence-corrected chi connectivity index (χ1v) is 10.1. The lowest BCUT2D eigenvalue weighted by Gasteiger charge is -2.19. The second-order valence-electron chi connectivity index (χ2n) is 6.93. The van der Waals surface area contributed by atoms with Crippen LogP contribution in [0.4, 0.5) is 0 Å². The van der Waals surface area contributed by atoms with Gasteiger partial charge in [0.15, 0.2) is 0 Å². The Morgan fingerprint density at radius 2 is 1.03 bits per heavy atom. The standard InChI is InChI=1S/C24H20N6O2/c25-29-27-13-15-31-21-11-9-17-5-1-3-7-19(17)23(21)24-20-8-4-2-6-18(20)10-12-22(24)32-16-14-28-30-26/h1-12H,13-16H2. The number of fused-ring (bicyclic) bond motifs is 2. The smallest absolute Gasteiger partial charge is 0.127 e. The summed E-state index contributed by atoms with van der Waals surface area (Å²) in [6.07, 6.45) is 0. The molecule has 0 aromatic heterocycles. The zero-order chi connectivity index (χ0) is 22.2. The zero-order valence-electron chi connectivity index (χ0n) is 17.3. The Hall–Kier alpha value is -4.38. The molecule has 0 atom stereocenters. The molecule has 0 aliphatic heterocycles. The largest absolute Gasteiger partial charge is 0.493 e. The van der Waals surface area contributed by atoms with E-state index < -0.39 is 0 Å². The molecule has 0 saturated heterocycles. The highest BCUT2D eigenvalue weighted by Crippen LogP contribution is 2.45. The van der Waals surface area contributed by atoms with Gasteiger partial charge < -0.3 is 9.47 Å². The van der Waals surface area contributed by atoms with Gasteiger partial charge in [-0.15, -0.1) is 0 Å². The third-order valence-electron chi connectivity index (χ3n) is 5.06. The van der Waals surface area contributed by atoms with Crippen LogP contribution in [0.3, 0.4) is 0 Å². The molecule has 0 unspecified atom stereocenters. The first-order valence-electron chi connectivity index (χ1n) is 10.1. The Bertz CT molecular complexity index is 1250. The average molecular weight is 424 g/mol. The first kappa shape index (κ1) is 20.9. The maximum Gasteiger partial charge on any atom is 0.127 e. The van der Waals surface area contributed by atoms with Crippen molar-refractivity contribution in [3.8, 4) is 22.6 Å². The molecule has 4 aromatic carbocycles. The predicted octanol–water partition coefficient (Wildman–Crippen LogP) is 7.04. The lowest BCUT2D eigenvalue weighted by atomic mass is 9.92. The van der Waals surface area contributed by atoms with Crippen LogP contribution in [-0.4, -0.2) is 26.3 Å². The Morgan fingerprint density at radius 3 is 1.47 bits per heavy atom. The minimum Gasteiger partial charge on any atom is -0.493 e. The first-order chi connectivity index (χ1) is 15.8. The van der Waals surface area contributed by atoms with Crippen molar-refractivity contribution in [3.05, 3.63) is 93.7 Å². The number of azide groups is 2. The Kier molecular flexibility index (Phi) is 6.58. The maximum absolute atomic E-state index is 8.57. The van der Waals surface area contributed by atoms with E-state index >= 15 is 0 Å². The topological polar surface area (TPSA) is 116 Å². The van der Waals surface area contributed by atoms with Gasteiger partial charge in [0, 0.05) is 21.0 Å². The van der Waals surface area contributed by atoms with Crippen molar-refractivity contribution in [1.29, 1.82) is 0 Å². The van der Waals surface area contributed by atoms with Crippen molar-refractivity contribution >= 4 is 21.5 Å². The quantitative estimate of drug-likeness (QED) is 0.124. The molecule has 0 heterocycles. The number of ether oxygens (including phenoxy) is 2. The summed E-state index contributed by atoms with van der Waals surface area (Å²) in [7, 11) is 0. The van der Waals surface area contributed by atoms with Crippen LogP contribution < -0.4 is 9.47 Å². The van der Waals surface area contributed by atoms with Crippen molar-refractivity contribution in [3.63, 3.8) is 0 Å². The van der Waals surface area contributed by atoms with Crippen LogP contribution >= 0.6 is 0 Å². The normalized spacial score (nSPS) is 10.4. The molecule has 0 saturated carbocycles. The van der Waals surface area contributed by atoms with Gasteiger partial charge in [-0.2, -0.15) is 0 Å². The molecule has 0 aliphatic carbocycles.